The molecule has 7 nitrogen and oxygen atoms in total. The number of amides is 2. The molecule has 0 radical (unpaired) electrons. The highest BCUT2D eigenvalue weighted by molar-refractivity contribution is 7.89. The molecule has 2 amide bonds. The van der Waals surface area contributed by atoms with E-state index in [1.165, 1.54) is 24.3 Å². The molecule has 1 aliphatic rings. The van der Waals surface area contributed by atoms with Crippen molar-refractivity contribution in [2.75, 3.05) is 11.9 Å². The van der Waals surface area contributed by atoms with E-state index in [9.17, 15) is 18.0 Å². The van der Waals surface area contributed by atoms with E-state index in [-0.39, 0.29) is 22.8 Å². The van der Waals surface area contributed by atoms with E-state index < -0.39 is 10.0 Å². The lowest BCUT2D eigenvalue weighted by Gasteiger charge is -2.11. The molecule has 0 atom stereocenters. The highest BCUT2D eigenvalue weighted by atomic mass is 32.2. The predicted molar refractivity (Wildman–Crippen MR) is 129 cm³/mol. The maximum absolute atomic E-state index is 12.7. The number of aryl methyl sites for hydroxylation is 1. The maximum Gasteiger partial charge on any atom is 0.255 e. The van der Waals surface area contributed by atoms with Gasteiger partial charge in [0.2, 0.25) is 10.0 Å². The van der Waals surface area contributed by atoms with Crippen molar-refractivity contribution < 1.29 is 18.0 Å². The Balaban J connectivity index is 1.39. The molecule has 4 rings (SSSR count). The molecule has 3 aromatic rings. The summed E-state index contributed by atoms with van der Waals surface area (Å²) >= 11 is 1.58. The summed E-state index contributed by atoms with van der Waals surface area (Å²) in [5.74, 6) is -0.540. The van der Waals surface area contributed by atoms with Crippen molar-refractivity contribution in [2.24, 2.45) is 0 Å². The summed E-state index contributed by atoms with van der Waals surface area (Å²) in [7, 11) is -3.66. The van der Waals surface area contributed by atoms with Crippen molar-refractivity contribution in [1.29, 1.82) is 0 Å². The zero-order valence-electron chi connectivity index (χ0n) is 18.1. The van der Waals surface area contributed by atoms with Crippen LogP contribution in [0.1, 0.15) is 44.0 Å². The molecule has 1 fully saturated rings. The first-order valence-electron chi connectivity index (χ1n) is 10.7. The Labute approximate surface area is 197 Å². The van der Waals surface area contributed by atoms with Gasteiger partial charge in [0.15, 0.2) is 0 Å². The minimum absolute atomic E-state index is 0.0974. The molecule has 0 aliphatic heterocycles. The summed E-state index contributed by atoms with van der Waals surface area (Å²) in [6.45, 7) is 2.14. The summed E-state index contributed by atoms with van der Waals surface area (Å²) < 4.78 is 27.6. The zero-order valence-corrected chi connectivity index (χ0v) is 19.8. The summed E-state index contributed by atoms with van der Waals surface area (Å²) in [6.07, 6.45) is 2.61. The highest BCUT2D eigenvalue weighted by Crippen LogP contribution is 2.22. The molecule has 0 spiro atoms. The third-order valence-electron chi connectivity index (χ3n) is 5.33. The Morgan fingerprint density at radius 2 is 1.73 bits per heavy atom. The minimum atomic E-state index is -3.66. The lowest BCUT2D eigenvalue weighted by molar-refractivity contribution is 0.0949. The fraction of sp³-hybridized carbons (Fsp3) is 0.250. The summed E-state index contributed by atoms with van der Waals surface area (Å²) in [5, 5.41) is 7.70. The smallest absolute Gasteiger partial charge is 0.255 e. The van der Waals surface area contributed by atoms with Crippen LogP contribution in [0.4, 0.5) is 5.69 Å². The molecule has 3 N–H and O–H groups in total. The number of benzene rings is 2. The van der Waals surface area contributed by atoms with Gasteiger partial charge in [0.05, 0.1) is 4.90 Å². The van der Waals surface area contributed by atoms with Gasteiger partial charge in [0.1, 0.15) is 0 Å². The van der Waals surface area contributed by atoms with E-state index in [4.69, 9.17) is 0 Å². The van der Waals surface area contributed by atoms with Crippen LogP contribution in [0.5, 0.6) is 0 Å². The Bertz CT molecular complexity index is 1250. The van der Waals surface area contributed by atoms with Crippen molar-refractivity contribution in [2.45, 2.75) is 37.1 Å². The maximum atomic E-state index is 12.7. The van der Waals surface area contributed by atoms with Crippen LogP contribution in [-0.2, 0) is 16.4 Å². The van der Waals surface area contributed by atoms with Gasteiger partial charge in [0.25, 0.3) is 11.8 Å². The average molecular weight is 484 g/mol. The van der Waals surface area contributed by atoms with Crippen LogP contribution in [0, 0.1) is 6.92 Å². The van der Waals surface area contributed by atoms with Gasteiger partial charge in [0, 0.05) is 34.3 Å². The topological polar surface area (TPSA) is 104 Å². The second-order valence-electron chi connectivity index (χ2n) is 7.98. The summed E-state index contributed by atoms with van der Waals surface area (Å²) in [4.78, 5) is 26.2. The van der Waals surface area contributed by atoms with Crippen LogP contribution < -0.4 is 15.4 Å². The minimum Gasteiger partial charge on any atom is -0.349 e. The van der Waals surface area contributed by atoms with Crippen molar-refractivity contribution in [3.8, 4) is 0 Å². The van der Waals surface area contributed by atoms with E-state index in [2.05, 4.69) is 15.4 Å². The lowest BCUT2D eigenvalue weighted by atomic mass is 10.1. The molecule has 9 heteroatoms. The van der Waals surface area contributed by atoms with Gasteiger partial charge in [-0.1, -0.05) is 12.1 Å². The molecule has 1 aliphatic carbocycles. The zero-order chi connectivity index (χ0) is 23.4. The normalized spacial score (nSPS) is 13.5. The quantitative estimate of drug-likeness (QED) is 0.431. The molecular formula is C24H25N3O4S2. The Kier molecular flexibility index (Phi) is 6.92. The SMILES string of the molecule is Cc1ccc(C(=O)NC2CC2)cc1NC(=O)c1ccc(S(=O)(=O)NCCc2cccs2)cc1. The molecule has 1 saturated carbocycles. The van der Waals surface area contributed by atoms with Gasteiger partial charge in [-0.3, -0.25) is 9.59 Å². The fourth-order valence-corrected chi connectivity index (χ4v) is 4.96. The van der Waals surface area contributed by atoms with Crippen molar-refractivity contribution in [3.63, 3.8) is 0 Å². The lowest BCUT2D eigenvalue weighted by Crippen LogP contribution is -2.26. The highest BCUT2D eigenvalue weighted by Gasteiger charge is 2.24. The molecule has 1 heterocycles. The fourth-order valence-electron chi connectivity index (χ4n) is 3.22. The first-order chi connectivity index (χ1) is 15.8. The first-order valence-corrected chi connectivity index (χ1v) is 13.0. The largest absolute Gasteiger partial charge is 0.349 e. The number of thiophene rings is 1. The number of anilines is 1. The van der Waals surface area contributed by atoms with Gasteiger partial charge in [-0.25, -0.2) is 13.1 Å². The first kappa shape index (κ1) is 23.2. The van der Waals surface area contributed by atoms with Crippen LogP contribution in [0.25, 0.3) is 0 Å². The van der Waals surface area contributed by atoms with Crippen LogP contribution in [-0.4, -0.2) is 32.8 Å². The van der Waals surface area contributed by atoms with E-state index in [1.807, 2.05) is 24.4 Å². The molecule has 1 aromatic heterocycles. The van der Waals surface area contributed by atoms with Gasteiger partial charge >= 0.3 is 0 Å². The van der Waals surface area contributed by atoms with Gasteiger partial charge in [-0.2, -0.15) is 0 Å². The molecule has 172 valence electrons. The molecule has 0 unspecified atom stereocenters. The molecule has 0 saturated heterocycles. The second-order valence-corrected chi connectivity index (χ2v) is 10.8. The third kappa shape index (κ3) is 6.07. The standard InChI is InChI=1S/C24H25N3O4S2/c1-16-4-5-18(24(29)26-19-8-9-19)15-22(16)27-23(28)17-6-10-21(11-7-17)33(30,31)25-13-12-20-3-2-14-32-20/h2-7,10-11,14-15,19,25H,8-9,12-13H2,1H3,(H,26,29)(H,27,28). The van der Waals surface area contributed by atoms with Gasteiger partial charge < -0.3 is 10.6 Å². The van der Waals surface area contributed by atoms with Crippen LogP contribution in [0.3, 0.4) is 0 Å². The number of hydrogen-bond donors (Lipinski definition) is 3. The number of carbonyl (C=O) groups is 2. The van der Waals surface area contributed by atoms with Crippen LogP contribution in [0.15, 0.2) is 64.9 Å². The number of hydrogen-bond acceptors (Lipinski definition) is 5. The van der Waals surface area contributed by atoms with Crippen molar-refractivity contribution >= 4 is 38.9 Å². The Morgan fingerprint density at radius 3 is 2.39 bits per heavy atom. The van der Waals surface area contributed by atoms with Crippen molar-refractivity contribution in [1.82, 2.24) is 10.0 Å². The van der Waals surface area contributed by atoms with E-state index >= 15 is 0 Å². The summed E-state index contributed by atoms with van der Waals surface area (Å²) in [6, 6.07) is 15.1. The van der Waals surface area contributed by atoms with Crippen LogP contribution >= 0.6 is 11.3 Å². The number of rotatable bonds is 9. The monoisotopic (exact) mass is 483 g/mol. The predicted octanol–water partition coefficient (Wildman–Crippen LogP) is 3.72. The van der Waals surface area contributed by atoms with Gasteiger partial charge in [-0.05, 0) is 79.6 Å². The second kappa shape index (κ2) is 9.86. The number of nitrogens with one attached hydrogen (secondary N) is 3. The Hall–Kier alpha value is -3.01. The number of sulfonamides is 1. The van der Waals surface area contributed by atoms with E-state index in [0.29, 0.717) is 29.8 Å². The molecular weight excluding hydrogens is 458 g/mol. The third-order valence-corrected chi connectivity index (χ3v) is 7.74. The van der Waals surface area contributed by atoms with Crippen molar-refractivity contribution in [3.05, 3.63) is 81.5 Å². The van der Waals surface area contributed by atoms with Gasteiger partial charge in [-0.15, -0.1) is 11.3 Å². The van der Waals surface area contributed by atoms with E-state index in [1.54, 1.807) is 29.5 Å². The average Bonchev–Trinajstić information content (AvgIpc) is 3.46. The number of carbonyl (C=O) groups excluding carboxylic acids is 2. The molecule has 33 heavy (non-hydrogen) atoms. The van der Waals surface area contributed by atoms with Crippen LogP contribution in [0.2, 0.25) is 0 Å². The molecule has 0 bridgehead atoms. The molecule has 2 aromatic carbocycles. The van der Waals surface area contributed by atoms with E-state index in [0.717, 1.165) is 23.3 Å². The summed E-state index contributed by atoms with van der Waals surface area (Å²) in [5.41, 5.74) is 2.16. The Morgan fingerprint density at radius 1 is 1.00 bits per heavy atom.